The number of carboxylic acid groups (broad SMARTS) is 1. The molecule has 0 aliphatic rings. The predicted molar refractivity (Wildman–Crippen MR) is 83.7 cm³/mol. The summed E-state index contributed by atoms with van der Waals surface area (Å²) in [5.74, 6) is -0.720. The monoisotopic (exact) mass is 280 g/mol. The Bertz CT molecular complexity index is 376. The zero-order valence-corrected chi connectivity index (χ0v) is 13.0. The van der Waals surface area contributed by atoms with Crippen LogP contribution in [-0.2, 0) is 4.79 Å². The van der Waals surface area contributed by atoms with E-state index in [0.29, 0.717) is 0 Å². The number of aliphatic hydroxyl groups is 1. The summed E-state index contributed by atoms with van der Waals surface area (Å²) in [6.07, 6.45) is 11.0. The van der Waals surface area contributed by atoms with Gasteiger partial charge >= 0.3 is 5.97 Å². The van der Waals surface area contributed by atoms with Crippen molar-refractivity contribution < 1.29 is 15.0 Å². The van der Waals surface area contributed by atoms with Crippen LogP contribution >= 0.6 is 0 Å². The number of aliphatic hydroxyl groups excluding tert-OH is 1. The number of hydrogen-bond donors (Lipinski definition) is 2. The predicted octanol–water partition coefficient (Wildman–Crippen LogP) is 4.24. The highest BCUT2D eigenvalue weighted by molar-refractivity contribution is 5.66. The first-order valence-corrected chi connectivity index (χ1v) is 7.25. The van der Waals surface area contributed by atoms with Crippen LogP contribution in [0.5, 0.6) is 0 Å². The summed E-state index contributed by atoms with van der Waals surface area (Å²) in [5, 5.41) is 17.3. The highest BCUT2D eigenvalue weighted by Gasteiger charge is 1.97. The first-order chi connectivity index (χ1) is 9.45. The van der Waals surface area contributed by atoms with Gasteiger partial charge in [0.25, 0.3) is 0 Å². The highest BCUT2D eigenvalue weighted by atomic mass is 16.4. The summed E-state index contributed by atoms with van der Waals surface area (Å²) in [5.41, 5.74) is 3.81. The molecular formula is C17H28O3. The van der Waals surface area contributed by atoms with Gasteiger partial charge in [-0.2, -0.15) is 0 Å². The number of aliphatic carboxylic acids is 1. The molecule has 0 unspecified atom stereocenters. The number of rotatable bonds is 10. The fourth-order valence-corrected chi connectivity index (χ4v) is 1.84. The fraction of sp³-hybridized carbons (Fsp3) is 0.588. The minimum atomic E-state index is -0.720. The van der Waals surface area contributed by atoms with Gasteiger partial charge in [-0.15, -0.1) is 0 Å². The fourth-order valence-electron chi connectivity index (χ4n) is 1.84. The molecule has 0 fully saturated rings. The number of carbonyl (C=O) groups is 1. The van der Waals surface area contributed by atoms with E-state index in [-0.39, 0.29) is 13.0 Å². The lowest BCUT2D eigenvalue weighted by Crippen LogP contribution is -1.93. The van der Waals surface area contributed by atoms with Crippen LogP contribution in [0.2, 0.25) is 0 Å². The minimum absolute atomic E-state index is 0.108. The molecule has 2 N–H and O–H groups in total. The van der Waals surface area contributed by atoms with Crippen LogP contribution in [0.25, 0.3) is 0 Å². The lowest BCUT2D eigenvalue weighted by molar-refractivity contribution is -0.137. The van der Waals surface area contributed by atoms with Crippen molar-refractivity contribution in [3.63, 3.8) is 0 Å². The van der Waals surface area contributed by atoms with Crippen molar-refractivity contribution in [2.45, 2.75) is 59.3 Å². The third-order valence-electron chi connectivity index (χ3n) is 3.21. The molecule has 3 heteroatoms. The molecule has 0 heterocycles. The van der Waals surface area contributed by atoms with Crippen LogP contribution in [0.1, 0.15) is 59.3 Å². The summed E-state index contributed by atoms with van der Waals surface area (Å²) in [6.45, 7) is 6.32. The molecule has 0 radical (unpaired) electrons. The average Bonchev–Trinajstić information content (AvgIpc) is 2.36. The summed E-state index contributed by atoms with van der Waals surface area (Å²) in [7, 11) is 0. The minimum Gasteiger partial charge on any atom is -0.481 e. The SMILES string of the molecule is C/C(=C\CO)C/C=C(\C)CC/C=C(\C)CCCC(=O)O. The van der Waals surface area contributed by atoms with Gasteiger partial charge in [0.1, 0.15) is 0 Å². The van der Waals surface area contributed by atoms with E-state index in [2.05, 4.69) is 26.0 Å². The Kier molecular flexibility index (Phi) is 10.7. The van der Waals surface area contributed by atoms with Crippen LogP contribution in [0.3, 0.4) is 0 Å². The van der Waals surface area contributed by atoms with Gasteiger partial charge in [0.2, 0.25) is 0 Å². The van der Waals surface area contributed by atoms with Gasteiger partial charge in [-0.05, 0) is 52.9 Å². The normalized spacial score (nSPS) is 13.7. The first-order valence-electron chi connectivity index (χ1n) is 7.25. The third-order valence-corrected chi connectivity index (χ3v) is 3.21. The third kappa shape index (κ3) is 11.7. The Morgan fingerprint density at radius 3 is 2.15 bits per heavy atom. The smallest absolute Gasteiger partial charge is 0.303 e. The summed E-state index contributed by atoms with van der Waals surface area (Å²) in [4.78, 5) is 10.4. The second-order valence-corrected chi connectivity index (χ2v) is 5.32. The molecule has 0 aromatic carbocycles. The molecule has 0 bridgehead atoms. The quantitative estimate of drug-likeness (QED) is 0.588. The summed E-state index contributed by atoms with van der Waals surface area (Å²) >= 11 is 0. The molecule has 0 aliphatic heterocycles. The lowest BCUT2D eigenvalue weighted by atomic mass is 10.0. The van der Waals surface area contributed by atoms with Crippen molar-refractivity contribution in [3.05, 3.63) is 34.9 Å². The van der Waals surface area contributed by atoms with Gasteiger partial charge in [0, 0.05) is 6.42 Å². The van der Waals surface area contributed by atoms with E-state index in [1.807, 2.05) is 13.0 Å². The van der Waals surface area contributed by atoms with Gasteiger partial charge in [-0.3, -0.25) is 4.79 Å². The van der Waals surface area contributed by atoms with Crippen LogP contribution in [0, 0.1) is 0 Å². The van der Waals surface area contributed by atoms with Gasteiger partial charge in [-0.1, -0.05) is 34.9 Å². The van der Waals surface area contributed by atoms with E-state index in [1.54, 1.807) is 0 Å². The molecule has 0 spiro atoms. The molecule has 0 atom stereocenters. The van der Waals surface area contributed by atoms with Crippen LogP contribution in [0.15, 0.2) is 34.9 Å². The van der Waals surface area contributed by atoms with E-state index in [4.69, 9.17) is 10.2 Å². The van der Waals surface area contributed by atoms with Crippen molar-refractivity contribution in [1.82, 2.24) is 0 Å². The van der Waals surface area contributed by atoms with Crippen molar-refractivity contribution >= 4 is 5.97 Å². The Hall–Kier alpha value is -1.35. The largest absolute Gasteiger partial charge is 0.481 e. The summed E-state index contributed by atoms with van der Waals surface area (Å²) < 4.78 is 0. The topological polar surface area (TPSA) is 57.5 Å². The zero-order valence-electron chi connectivity index (χ0n) is 13.0. The number of allylic oxidation sites excluding steroid dienone is 5. The highest BCUT2D eigenvalue weighted by Crippen LogP contribution is 2.13. The molecule has 0 aromatic heterocycles. The van der Waals surface area contributed by atoms with Crippen molar-refractivity contribution in [2.24, 2.45) is 0 Å². The summed E-state index contributed by atoms with van der Waals surface area (Å²) in [6, 6.07) is 0. The first kappa shape index (κ1) is 18.7. The lowest BCUT2D eigenvalue weighted by Gasteiger charge is -2.02. The molecule has 0 amide bonds. The molecule has 0 saturated carbocycles. The second kappa shape index (κ2) is 11.5. The zero-order chi connectivity index (χ0) is 15.4. The Morgan fingerprint density at radius 2 is 1.55 bits per heavy atom. The van der Waals surface area contributed by atoms with Gasteiger partial charge in [-0.25, -0.2) is 0 Å². The molecule has 3 nitrogen and oxygen atoms in total. The van der Waals surface area contributed by atoms with Crippen LogP contribution in [0.4, 0.5) is 0 Å². The van der Waals surface area contributed by atoms with Crippen molar-refractivity contribution in [2.75, 3.05) is 6.61 Å². The Balaban J connectivity index is 3.93. The molecule has 0 saturated heterocycles. The van der Waals surface area contributed by atoms with E-state index < -0.39 is 5.97 Å². The second-order valence-electron chi connectivity index (χ2n) is 5.32. The number of hydrogen-bond acceptors (Lipinski definition) is 2. The maximum Gasteiger partial charge on any atom is 0.303 e. The van der Waals surface area contributed by atoms with Gasteiger partial charge < -0.3 is 10.2 Å². The van der Waals surface area contributed by atoms with E-state index in [1.165, 1.54) is 16.7 Å². The number of carboxylic acids is 1. The average molecular weight is 280 g/mol. The van der Waals surface area contributed by atoms with E-state index in [9.17, 15) is 4.79 Å². The maximum absolute atomic E-state index is 10.4. The van der Waals surface area contributed by atoms with Crippen molar-refractivity contribution in [3.8, 4) is 0 Å². The van der Waals surface area contributed by atoms with E-state index >= 15 is 0 Å². The van der Waals surface area contributed by atoms with Crippen LogP contribution < -0.4 is 0 Å². The molecule has 0 aromatic rings. The standard InChI is InChI=1S/C17H28O3/c1-14(8-5-9-17(19)20)6-4-7-15(2)10-11-16(3)12-13-18/h6,10,12,18H,4-5,7-9,11,13H2,1-3H3,(H,19,20)/b14-6+,15-10+,16-12+. The molecule has 0 rings (SSSR count). The Labute approximate surface area is 122 Å². The van der Waals surface area contributed by atoms with Gasteiger partial charge in [0.05, 0.1) is 6.61 Å². The maximum atomic E-state index is 10.4. The molecule has 0 aliphatic carbocycles. The Morgan fingerprint density at radius 1 is 0.900 bits per heavy atom. The van der Waals surface area contributed by atoms with Crippen molar-refractivity contribution in [1.29, 1.82) is 0 Å². The van der Waals surface area contributed by atoms with Gasteiger partial charge in [0.15, 0.2) is 0 Å². The molecule has 20 heavy (non-hydrogen) atoms. The molecule has 114 valence electrons. The van der Waals surface area contributed by atoms with Crippen LogP contribution in [-0.4, -0.2) is 22.8 Å². The van der Waals surface area contributed by atoms with E-state index in [0.717, 1.165) is 32.1 Å². The molecular weight excluding hydrogens is 252 g/mol.